The molecule has 0 unspecified atom stereocenters. The van der Waals surface area contributed by atoms with E-state index in [0.29, 0.717) is 5.02 Å². The van der Waals surface area contributed by atoms with Gasteiger partial charge in [-0.1, -0.05) is 32.3 Å². The summed E-state index contributed by atoms with van der Waals surface area (Å²) < 4.78 is 2.95. The molecule has 0 fully saturated rings. The Morgan fingerprint density at radius 1 is 0.957 bits per heavy atom. The molecule has 23 heavy (non-hydrogen) atoms. The van der Waals surface area contributed by atoms with Crippen LogP contribution in [0.25, 0.3) is 22.5 Å². The molecule has 6 heteroatoms. The Balaban J connectivity index is 1.96. The fourth-order valence-electron chi connectivity index (χ4n) is 2.46. The maximum Gasteiger partial charge on any atom is 0.248 e. The van der Waals surface area contributed by atoms with Crippen molar-refractivity contribution in [2.24, 2.45) is 0 Å². The van der Waals surface area contributed by atoms with Crippen LogP contribution in [-0.2, 0) is 0 Å². The van der Waals surface area contributed by atoms with Crippen molar-refractivity contribution in [2.75, 3.05) is 0 Å². The molecule has 2 heterocycles. The van der Waals surface area contributed by atoms with Crippen molar-refractivity contribution in [3.8, 4) is 16.9 Å². The fourth-order valence-corrected chi connectivity index (χ4v) is 2.85. The molecule has 0 aliphatic carbocycles. The number of aromatic nitrogens is 4. The van der Waals surface area contributed by atoms with Crippen LogP contribution >= 0.6 is 27.5 Å². The summed E-state index contributed by atoms with van der Waals surface area (Å²) in [6.07, 6.45) is 3.52. The summed E-state index contributed by atoms with van der Waals surface area (Å²) in [7, 11) is 0. The minimum atomic E-state index is 0.708. The second-order valence-electron chi connectivity index (χ2n) is 5.03. The van der Waals surface area contributed by atoms with Crippen molar-refractivity contribution < 1.29 is 4.52 Å². The topological polar surface area (TPSA) is 34.8 Å². The van der Waals surface area contributed by atoms with Gasteiger partial charge in [0.2, 0.25) is 12.0 Å². The summed E-state index contributed by atoms with van der Waals surface area (Å²) in [5, 5.41) is 5.48. The Kier molecular flexibility index (Phi) is 3.59. The fraction of sp³-hybridized carbons (Fsp3) is 0. The van der Waals surface area contributed by atoms with Crippen LogP contribution in [0, 0.1) is 0 Å². The van der Waals surface area contributed by atoms with Crippen LogP contribution in [0.4, 0.5) is 0 Å². The molecule has 0 spiro atoms. The molecule has 4 nitrogen and oxygen atoms in total. The monoisotopic (exact) mass is 385 g/mol. The van der Waals surface area contributed by atoms with Crippen LogP contribution in [0.2, 0.25) is 5.02 Å². The summed E-state index contributed by atoms with van der Waals surface area (Å²) in [5.41, 5.74) is 3.82. The molecule has 112 valence electrons. The van der Waals surface area contributed by atoms with Gasteiger partial charge in [-0.2, -0.15) is 0 Å². The lowest BCUT2D eigenvalue weighted by Crippen LogP contribution is -2.32. The maximum absolute atomic E-state index is 5.99. The van der Waals surface area contributed by atoms with Gasteiger partial charge >= 0.3 is 0 Å². The predicted molar refractivity (Wildman–Crippen MR) is 92.7 cm³/mol. The second kappa shape index (κ2) is 5.76. The molecular formula is C17H11BrClN4+. The molecule has 0 N–H and O–H groups in total. The lowest BCUT2D eigenvalue weighted by atomic mass is 10.1. The molecule has 0 aliphatic rings. The highest BCUT2D eigenvalue weighted by molar-refractivity contribution is 9.10. The molecule has 2 aromatic carbocycles. The van der Waals surface area contributed by atoms with Crippen molar-refractivity contribution in [3.63, 3.8) is 0 Å². The molecule has 0 bridgehead atoms. The van der Waals surface area contributed by atoms with E-state index >= 15 is 0 Å². The third-order valence-corrected chi connectivity index (χ3v) is 4.34. The third-order valence-electron chi connectivity index (χ3n) is 3.56. The minimum Gasteiger partial charge on any atom is -0.124 e. The van der Waals surface area contributed by atoms with Crippen molar-refractivity contribution >= 4 is 33.0 Å². The molecule has 2 aromatic heterocycles. The molecule has 0 radical (unpaired) electrons. The lowest BCUT2D eigenvalue weighted by Gasteiger charge is -1.97. The smallest absolute Gasteiger partial charge is 0.124 e. The van der Waals surface area contributed by atoms with E-state index in [2.05, 4.69) is 20.9 Å². The van der Waals surface area contributed by atoms with Crippen molar-refractivity contribution in [1.82, 2.24) is 14.9 Å². The summed E-state index contributed by atoms with van der Waals surface area (Å²) in [4.78, 5) is 6.04. The van der Waals surface area contributed by atoms with Gasteiger partial charge in [-0.15, -0.1) is 9.50 Å². The Morgan fingerprint density at radius 2 is 1.70 bits per heavy atom. The first kappa shape index (κ1) is 14.4. The standard InChI is InChI=1S/C17H11BrClN4/c18-13-3-7-15(8-4-13)23-21-17(12-1-5-14(19)6-2-12)16-9-10-20-11-22(16)23/h1-11H/q+1. The highest BCUT2D eigenvalue weighted by Gasteiger charge is 2.19. The van der Waals surface area contributed by atoms with Crippen molar-refractivity contribution in [1.29, 1.82) is 0 Å². The summed E-state index contributed by atoms with van der Waals surface area (Å²) >= 11 is 9.44. The van der Waals surface area contributed by atoms with Gasteiger partial charge in [-0.05, 0) is 53.6 Å². The Labute approximate surface area is 146 Å². The van der Waals surface area contributed by atoms with Gasteiger partial charge in [0.1, 0.15) is 11.9 Å². The van der Waals surface area contributed by atoms with E-state index in [1.54, 1.807) is 12.5 Å². The van der Waals surface area contributed by atoms with Gasteiger partial charge in [0.05, 0.1) is 0 Å². The van der Waals surface area contributed by atoms with E-state index < -0.39 is 0 Å². The Morgan fingerprint density at radius 3 is 2.43 bits per heavy atom. The molecule has 0 amide bonds. The zero-order chi connectivity index (χ0) is 15.8. The average Bonchev–Trinajstić information content (AvgIpc) is 2.96. The van der Waals surface area contributed by atoms with Gasteiger partial charge in [-0.25, -0.2) is 0 Å². The average molecular weight is 387 g/mol. The number of fused-ring (bicyclic) bond motifs is 1. The zero-order valence-electron chi connectivity index (χ0n) is 11.9. The van der Waals surface area contributed by atoms with E-state index in [-0.39, 0.29) is 0 Å². The third kappa shape index (κ3) is 2.62. The highest BCUT2D eigenvalue weighted by Crippen LogP contribution is 2.23. The molecule has 0 saturated heterocycles. The Bertz CT molecular complexity index is 898. The first-order valence-corrected chi connectivity index (χ1v) is 8.16. The summed E-state index contributed by atoms with van der Waals surface area (Å²) in [6.45, 7) is 0. The summed E-state index contributed by atoms with van der Waals surface area (Å²) in [5.74, 6) is 0. The van der Waals surface area contributed by atoms with Gasteiger partial charge in [-0.3, -0.25) is 0 Å². The molecule has 0 aliphatic heterocycles. The minimum absolute atomic E-state index is 0.708. The predicted octanol–water partition coefficient (Wildman–Crippen LogP) is 4.09. The Hall–Kier alpha value is -2.24. The molecule has 4 rings (SSSR count). The van der Waals surface area contributed by atoms with E-state index in [1.165, 1.54) is 0 Å². The first-order valence-electron chi connectivity index (χ1n) is 6.99. The van der Waals surface area contributed by atoms with E-state index in [1.807, 2.05) is 63.9 Å². The van der Waals surface area contributed by atoms with Crippen LogP contribution in [0.3, 0.4) is 0 Å². The highest BCUT2D eigenvalue weighted by atomic mass is 79.9. The van der Waals surface area contributed by atoms with E-state index in [4.69, 9.17) is 16.7 Å². The van der Waals surface area contributed by atoms with Crippen LogP contribution < -0.4 is 4.52 Å². The van der Waals surface area contributed by atoms with Crippen LogP contribution in [0.1, 0.15) is 0 Å². The number of nitrogens with zero attached hydrogens (tertiary/aromatic N) is 4. The number of rotatable bonds is 2. The molecule has 0 saturated carbocycles. The second-order valence-corrected chi connectivity index (χ2v) is 6.38. The van der Waals surface area contributed by atoms with E-state index in [0.717, 1.165) is 26.9 Å². The van der Waals surface area contributed by atoms with E-state index in [9.17, 15) is 0 Å². The molecular weight excluding hydrogens is 376 g/mol. The van der Waals surface area contributed by atoms with Gasteiger partial charge in [0.15, 0.2) is 5.52 Å². The van der Waals surface area contributed by atoms with Crippen LogP contribution in [-0.4, -0.2) is 14.9 Å². The SMILES string of the molecule is Clc1ccc(-c2nn(-c3ccc(Br)cc3)[n+]3cnccc23)cc1. The van der Waals surface area contributed by atoms with Crippen LogP contribution in [0.15, 0.2) is 71.6 Å². The molecule has 4 aromatic rings. The van der Waals surface area contributed by atoms with Crippen LogP contribution in [0.5, 0.6) is 0 Å². The number of halogens is 2. The van der Waals surface area contributed by atoms with Crippen molar-refractivity contribution in [2.45, 2.75) is 0 Å². The first-order chi connectivity index (χ1) is 11.2. The van der Waals surface area contributed by atoms with Gasteiger partial charge in [0.25, 0.3) is 0 Å². The van der Waals surface area contributed by atoms with Gasteiger partial charge < -0.3 is 0 Å². The molecule has 0 atom stereocenters. The maximum atomic E-state index is 5.99. The number of benzene rings is 2. The summed E-state index contributed by atoms with van der Waals surface area (Å²) in [6, 6.07) is 17.6. The number of hydrogen-bond acceptors (Lipinski definition) is 2. The largest absolute Gasteiger partial charge is 0.248 e. The zero-order valence-corrected chi connectivity index (χ0v) is 14.2. The normalized spacial score (nSPS) is 11.0. The quantitative estimate of drug-likeness (QED) is 0.486. The lowest BCUT2D eigenvalue weighted by molar-refractivity contribution is -0.607. The van der Waals surface area contributed by atoms with Gasteiger partial charge in [0, 0.05) is 21.1 Å². The number of hydrogen-bond donors (Lipinski definition) is 0. The van der Waals surface area contributed by atoms with Crippen molar-refractivity contribution in [3.05, 3.63) is 76.6 Å².